The summed E-state index contributed by atoms with van der Waals surface area (Å²) in [5.41, 5.74) is 5.77. The van der Waals surface area contributed by atoms with Gasteiger partial charge in [0.1, 0.15) is 11.1 Å². The number of benzene rings is 1. The molecule has 2 aromatic rings. The van der Waals surface area contributed by atoms with Crippen molar-refractivity contribution >= 4 is 22.6 Å². The summed E-state index contributed by atoms with van der Waals surface area (Å²) in [6.45, 7) is 0. The second-order valence-electron chi connectivity index (χ2n) is 2.95. The van der Waals surface area contributed by atoms with Crippen LogP contribution in [0.2, 0.25) is 0 Å². The first-order valence-electron chi connectivity index (χ1n) is 4.10. The molecule has 14 heavy (non-hydrogen) atoms. The first-order valence-corrected chi connectivity index (χ1v) is 4.54. The van der Waals surface area contributed by atoms with Crippen LogP contribution >= 0.6 is 11.6 Å². The van der Waals surface area contributed by atoms with Gasteiger partial charge in [0.2, 0.25) is 0 Å². The Hall–Kier alpha value is -1.32. The van der Waals surface area contributed by atoms with Gasteiger partial charge in [-0.2, -0.15) is 0 Å². The summed E-state index contributed by atoms with van der Waals surface area (Å²) < 4.78 is 4.98. The van der Waals surface area contributed by atoms with Gasteiger partial charge in [0.15, 0.2) is 0 Å². The molecule has 2 rings (SSSR count). The second-order valence-corrected chi connectivity index (χ2v) is 3.42. The fourth-order valence-corrected chi connectivity index (χ4v) is 1.38. The SMILES string of the molecule is NC(Cl)c1ccc2ccc(=O)oc2c1. The Morgan fingerprint density at radius 2 is 2.00 bits per heavy atom. The highest BCUT2D eigenvalue weighted by atomic mass is 35.5. The molecule has 1 heterocycles. The van der Waals surface area contributed by atoms with Crippen LogP contribution in [-0.4, -0.2) is 0 Å². The molecule has 0 fully saturated rings. The van der Waals surface area contributed by atoms with E-state index < -0.39 is 5.50 Å². The number of nitrogens with two attached hydrogens (primary N) is 1. The Kier molecular flexibility index (Phi) is 2.27. The summed E-state index contributed by atoms with van der Waals surface area (Å²) in [4.78, 5) is 10.9. The van der Waals surface area contributed by atoms with Crippen LogP contribution in [0, 0.1) is 0 Å². The number of fused-ring (bicyclic) bond motifs is 1. The summed E-state index contributed by atoms with van der Waals surface area (Å²) in [7, 11) is 0. The van der Waals surface area contributed by atoms with E-state index in [-0.39, 0.29) is 5.63 Å². The zero-order valence-electron chi connectivity index (χ0n) is 7.24. The van der Waals surface area contributed by atoms with E-state index in [0.717, 1.165) is 10.9 Å². The number of hydrogen-bond donors (Lipinski definition) is 1. The molecule has 0 radical (unpaired) electrons. The molecule has 1 atom stereocenters. The van der Waals surface area contributed by atoms with Crippen LogP contribution in [0.15, 0.2) is 39.5 Å². The van der Waals surface area contributed by atoms with Gasteiger partial charge in [0.05, 0.1) is 0 Å². The van der Waals surface area contributed by atoms with Crippen LogP contribution < -0.4 is 11.4 Å². The Morgan fingerprint density at radius 1 is 1.29 bits per heavy atom. The van der Waals surface area contributed by atoms with Crippen LogP contribution in [0.25, 0.3) is 11.0 Å². The fourth-order valence-electron chi connectivity index (χ4n) is 1.25. The molecule has 1 aromatic carbocycles. The van der Waals surface area contributed by atoms with Crippen LogP contribution in [0.1, 0.15) is 11.1 Å². The van der Waals surface area contributed by atoms with E-state index in [0.29, 0.717) is 5.58 Å². The van der Waals surface area contributed by atoms with Crippen molar-refractivity contribution in [3.05, 3.63) is 46.3 Å². The van der Waals surface area contributed by atoms with Crippen molar-refractivity contribution in [3.63, 3.8) is 0 Å². The van der Waals surface area contributed by atoms with Crippen LogP contribution in [0.3, 0.4) is 0 Å². The maximum Gasteiger partial charge on any atom is 0.336 e. The van der Waals surface area contributed by atoms with Gasteiger partial charge in [0, 0.05) is 11.5 Å². The molecule has 0 saturated carbocycles. The number of hydrogen-bond acceptors (Lipinski definition) is 3. The molecular weight excluding hydrogens is 202 g/mol. The minimum Gasteiger partial charge on any atom is -0.423 e. The molecule has 0 aliphatic rings. The van der Waals surface area contributed by atoms with Crippen LogP contribution in [-0.2, 0) is 0 Å². The first-order chi connectivity index (χ1) is 6.66. The number of rotatable bonds is 1. The Labute approximate surface area is 85.1 Å². The molecule has 3 nitrogen and oxygen atoms in total. The highest BCUT2D eigenvalue weighted by Gasteiger charge is 2.03. The van der Waals surface area contributed by atoms with Crippen molar-refractivity contribution in [3.8, 4) is 0 Å². The van der Waals surface area contributed by atoms with Crippen molar-refractivity contribution in [1.29, 1.82) is 0 Å². The summed E-state index contributed by atoms with van der Waals surface area (Å²) in [6, 6.07) is 8.37. The monoisotopic (exact) mass is 209 g/mol. The van der Waals surface area contributed by atoms with E-state index in [1.165, 1.54) is 6.07 Å². The number of alkyl halides is 1. The van der Waals surface area contributed by atoms with Crippen LogP contribution in [0.5, 0.6) is 0 Å². The molecule has 1 unspecified atom stereocenters. The molecule has 4 heteroatoms. The quantitative estimate of drug-likeness (QED) is 0.444. The molecule has 0 aliphatic carbocycles. The Balaban J connectivity index is 2.69. The number of halogens is 1. The lowest BCUT2D eigenvalue weighted by molar-refractivity contribution is 0.560. The van der Waals surface area contributed by atoms with Gasteiger partial charge in [-0.25, -0.2) is 4.79 Å². The zero-order valence-corrected chi connectivity index (χ0v) is 7.99. The molecule has 2 N–H and O–H groups in total. The lowest BCUT2D eigenvalue weighted by atomic mass is 10.1. The molecule has 0 aliphatic heterocycles. The smallest absolute Gasteiger partial charge is 0.336 e. The molecule has 0 bridgehead atoms. The molecule has 0 spiro atoms. The average molecular weight is 210 g/mol. The lowest BCUT2D eigenvalue weighted by Gasteiger charge is -2.03. The van der Waals surface area contributed by atoms with Gasteiger partial charge < -0.3 is 10.2 Å². The predicted molar refractivity (Wildman–Crippen MR) is 55.3 cm³/mol. The summed E-state index contributed by atoms with van der Waals surface area (Å²) in [5.74, 6) is 0. The van der Waals surface area contributed by atoms with E-state index >= 15 is 0 Å². The third-order valence-corrected chi connectivity index (χ3v) is 2.22. The standard InChI is InChI=1S/C10H8ClNO2/c11-10(12)7-2-1-6-3-4-9(13)14-8(6)5-7/h1-5,10H,12H2. The maximum atomic E-state index is 10.9. The Morgan fingerprint density at radius 3 is 2.71 bits per heavy atom. The van der Waals surface area contributed by atoms with Crippen LogP contribution in [0.4, 0.5) is 0 Å². The maximum absolute atomic E-state index is 10.9. The third-order valence-electron chi connectivity index (χ3n) is 1.97. The van der Waals surface area contributed by atoms with Gasteiger partial charge in [-0.15, -0.1) is 11.6 Å². The Bertz CT molecular complexity index is 519. The summed E-state index contributed by atoms with van der Waals surface area (Å²) in [6.07, 6.45) is 0. The van der Waals surface area contributed by atoms with E-state index in [4.69, 9.17) is 21.8 Å². The van der Waals surface area contributed by atoms with Gasteiger partial charge in [0.25, 0.3) is 0 Å². The molecule has 72 valence electrons. The van der Waals surface area contributed by atoms with Gasteiger partial charge in [-0.05, 0) is 17.7 Å². The van der Waals surface area contributed by atoms with Gasteiger partial charge in [-0.1, -0.05) is 12.1 Å². The van der Waals surface area contributed by atoms with E-state index in [1.807, 2.05) is 6.07 Å². The predicted octanol–water partition coefficient (Wildman–Crippen LogP) is 1.99. The summed E-state index contributed by atoms with van der Waals surface area (Å²) in [5, 5.41) is 0.852. The summed E-state index contributed by atoms with van der Waals surface area (Å²) >= 11 is 5.70. The van der Waals surface area contributed by atoms with Crippen molar-refractivity contribution in [2.24, 2.45) is 5.73 Å². The molecular formula is C10H8ClNO2. The van der Waals surface area contributed by atoms with Gasteiger partial charge >= 0.3 is 5.63 Å². The minimum atomic E-state index is -0.579. The largest absolute Gasteiger partial charge is 0.423 e. The van der Waals surface area contributed by atoms with Crippen molar-refractivity contribution in [1.82, 2.24) is 0 Å². The highest BCUT2D eigenvalue weighted by Crippen LogP contribution is 2.19. The molecule has 0 saturated heterocycles. The molecule has 1 aromatic heterocycles. The van der Waals surface area contributed by atoms with E-state index in [9.17, 15) is 4.79 Å². The lowest BCUT2D eigenvalue weighted by Crippen LogP contribution is -2.02. The van der Waals surface area contributed by atoms with Crippen molar-refractivity contribution in [2.45, 2.75) is 5.50 Å². The normalized spacial score (nSPS) is 13.0. The minimum absolute atomic E-state index is 0.377. The van der Waals surface area contributed by atoms with E-state index in [1.54, 1.807) is 18.2 Å². The van der Waals surface area contributed by atoms with Gasteiger partial charge in [-0.3, -0.25) is 0 Å². The highest BCUT2D eigenvalue weighted by molar-refractivity contribution is 6.20. The zero-order chi connectivity index (χ0) is 10.1. The topological polar surface area (TPSA) is 56.2 Å². The first kappa shape index (κ1) is 9.24. The van der Waals surface area contributed by atoms with E-state index in [2.05, 4.69) is 0 Å². The van der Waals surface area contributed by atoms with Crippen molar-refractivity contribution < 1.29 is 4.42 Å². The van der Waals surface area contributed by atoms with Crippen molar-refractivity contribution in [2.75, 3.05) is 0 Å². The third kappa shape index (κ3) is 1.64. The fraction of sp³-hybridized carbons (Fsp3) is 0.100. The molecule has 0 amide bonds. The second kappa shape index (κ2) is 3.44. The average Bonchev–Trinajstić information content (AvgIpc) is 2.16.